The first-order valence-corrected chi connectivity index (χ1v) is 2.46. The van der Waals surface area contributed by atoms with Gasteiger partial charge in [0.15, 0.2) is 0 Å². The van der Waals surface area contributed by atoms with Crippen molar-refractivity contribution in [3.05, 3.63) is 31.6 Å². The molecule has 0 aromatic carbocycles. The molecule has 0 aliphatic rings. The molecule has 1 heterocycles. The average molecular weight is 108 g/mol. The van der Waals surface area contributed by atoms with Gasteiger partial charge in [0, 0.05) is 24.5 Å². The van der Waals surface area contributed by atoms with Crippen LogP contribution in [0.4, 0.5) is 5.69 Å². The van der Waals surface area contributed by atoms with Crippen molar-refractivity contribution in [3.63, 3.8) is 0 Å². The van der Waals surface area contributed by atoms with Crippen molar-refractivity contribution in [1.29, 1.82) is 0 Å². The number of nitrogens with two attached hydrogens (primary N) is 1. The highest BCUT2D eigenvalue weighted by Gasteiger charge is 1.81. The van der Waals surface area contributed by atoms with Crippen LogP contribution in [-0.4, -0.2) is 4.98 Å². The maximum atomic E-state index is 3.85. The van der Waals surface area contributed by atoms with Gasteiger partial charge in [-0.1, -0.05) is 0 Å². The van der Waals surface area contributed by atoms with Crippen molar-refractivity contribution in [2.75, 3.05) is 0 Å². The monoisotopic (exact) mass is 108 g/mol. The molecule has 1 aromatic rings. The van der Waals surface area contributed by atoms with Crippen molar-refractivity contribution < 1.29 is 5.32 Å². The van der Waals surface area contributed by atoms with E-state index in [2.05, 4.69) is 12.0 Å². The molecule has 2 heteroatoms. The largest absolute Gasteiger partial charge is 0.446 e. The second-order valence-electron chi connectivity index (χ2n) is 1.48. The first kappa shape index (κ1) is 5.25. The Balaban J connectivity index is 2.83. The van der Waals surface area contributed by atoms with E-state index in [1.807, 2.05) is 12.1 Å². The van der Waals surface area contributed by atoms with Crippen LogP contribution in [0.15, 0.2) is 24.5 Å². The van der Waals surface area contributed by atoms with E-state index in [1.54, 1.807) is 17.7 Å². The van der Waals surface area contributed by atoms with E-state index in [1.165, 1.54) is 0 Å². The quantitative estimate of drug-likeness (QED) is 0.507. The Morgan fingerprint density at radius 1 is 1.38 bits per heavy atom. The molecule has 0 saturated heterocycles. The minimum Gasteiger partial charge on any atom is -0.446 e. The van der Waals surface area contributed by atoms with Gasteiger partial charge < -0.3 is 5.32 Å². The molecule has 42 valence electrons. The zero-order valence-corrected chi connectivity index (χ0v) is 4.54. The highest BCUT2D eigenvalue weighted by Crippen LogP contribution is 1.91. The number of rotatable bonds is 1. The van der Waals surface area contributed by atoms with Gasteiger partial charge in [0.25, 0.3) is 0 Å². The van der Waals surface area contributed by atoms with Gasteiger partial charge in [-0.15, -0.1) is 7.05 Å². The van der Waals surface area contributed by atoms with E-state index < -0.39 is 0 Å². The van der Waals surface area contributed by atoms with E-state index in [9.17, 15) is 0 Å². The van der Waals surface area contributed by atoms with Gasteiger partial charge in [0.2, 0.25) is 0 Å². The van der Waals surface area contributed by atoms with Crippen LogP contribution >= 0.6 is 0 Å². The Morgan fingerprint density at radius 3 is 2.38 bits per heavy atom. The van der Waals surface area contributed by atoms with Gasteiger partial charge in [0.05, 0.1) is 0 Å². The van der Waals surface area contributed by atoms with Gasteiger partial charge in [-0.2, -0.15) is 0 Å². The first-order valence-electron chi connectivity index (χ1n) is 2.46. The Bertz CT molecular complexity index is 148. The van der Waals surface area contributed by atoms with Gasteiger partial charge in [-0.3, -0.25) is 4.98 Å². The predicted molar refractivity (Wildman–Crippen MR) is 31.2 cm³/mol. The summed E-state index contributed by atoms with van der Waals surface area (Å²) in [5.74, 6) is 0. The topological polar surface area (TPSA) is 29.5 Å². The molecular weight excluding hydrogens is 100 g/mol. The van der Waals surface area contributed by atoms with E-state index >= 15 is 0 Å². The zero-order valence-electron chi connectivity index (χ0n) is 4.54. The van der Waals surface area contributed by atoms with Gasteiger partial charge in [-0.05, 0) is 0 Å². The van der Waals surface area contributed by atoms with Crippen LogP contribution in [0.3, 0.4) is 0 Å². The summed E-state index contributed by atoms with van der Waals surface area (Å²) < 4.78 is 0. The molecule has 0 spiro atoms. The fourth-order valence-corrected chi connectivity index (χ4v) is 0.500. The molecule has 1 aromatic heterocycles. The van der Waals surface area contributed by atoms with Crippen LogP contribution in [0, 0.1) is 7.05 Å². The Kier molecular flexibility index (Phi) is 1.59. The Labute approximate surface area is 48.6 Å². The standard InChI is InChI=1S/C6H8N2/c1-7-6-2-4-8-5-3-6/h2-5H,1,7H2. The van der Waals surface area contributed by atoms with Crippen molar-refractivity contribution in [2.45, 2.75) is 0 Å². The van der Waals surface area contributed by atoms with Gasteiger partial charge >= 0.3 is 0 Å². The third-order valence-electron chi connectivity index (χ3n) is 0.942. The lowest BCUT2D eigenvalue weighted by atomic mass is 10.4. The van der Waals surface area contributed by atoms with Gasteiger partial charge in [0.1, 0.15) is 5.69 Å². The number of aromatic nitrogens is 1. The number of hydrogen-bond acceptors (Lipinski definition) is 1. The summed E-state index contributed by atoms with van der Waals surface area (Å²) in [6.07, 6.45) is 3.49. The van der Waals surface area contributed by atoms with E-state index in [4.69, 9.17) is 0 Å². The van der Waals surface area contributed by atoms with Gasteiger partial charge in [-0.25, -0.2) is 0 Å². The fourth-order valence-electron chi connectivity index (χ4n) is 0.500. The summed E-state index contributed by atoms with van der Waals surface area (Å²) in [5.41, 5.74) is 1.11. The maximum Gasteiger partial charge on any atom is 0.106 e. The Hall–Kier alpha value is -0.890. The fraction of sp³-hybridized carbons (Fsp3) is 0. The molecule has 8 heavy (non-hydrogen) atoms. The molecule has 0 atom stereocenters. The molecule has 0 fully saturated rings. The molecule has 0 aliphatic heterocycles. The predicted octanol–water partition coefficient (Wildman–Crippen LogP) is 0.0681. The molecule has 0 amide bonds. The molecule has 1 rings (SSSR count). The minimum atomic E-state index is 1.11. The first-order chi connectivity index (χ1) is 3.93. The van der Waals surface area contributed by atoms with Crippen LogP contribution in [-0.2, 0) is 0 Å². The summed E-state index contributed by atoms with van der Waals surface area (Å²) in [5, 5.41) is 1.79. The zero-order chi connectivity index (χ0) is 5.82. The summed E-state index contributed by atoms with van der Waals surface area (Å²) in [6, 6.07) is 3.82. The third-order valence-corrected chi connectivity index (χ3v) is 0.942. The van der Waals surface area contributed by atoms with Crippen LogP contribution in [0.2, 0.25) is 0 Å². The lowest BCUT2D eigenvalue weighted by Crippen LogP contribution is -2.69. The molecule has 0 unspecified atom stereocenters. The van der Waals surface area contributed by atoms with Crippen LogP contribution in [0.1, 0.15) is 0 Å². The number of quaternary nitrogens is 1. The molecule has 2 nitrogen and oxygen atoms in total. The maximum absolute atomic E-state index is 3.85. The third kappa shape index (κ3) is 1.04. The summed E-state index contributed by atoms with van der Waals surface area (Å²) in [6.45, 7) is 0. The number of hydrogen-bond donors (Lipinski definition) is 1. The minimum absolute atomic E-state index is 1.11. The lowest BCUT2D eigenvalue weighted by molar-refractivity contribution is -0.504. The van der Waals surface area contributed by atoms with Crippen molar-refractivity contribution in [1.82, 2.24) is 4.98 Å². The van der Waals surface area contributed by atoms with Crippen molar-refractivity contribution in [2.24, 2.45) is 0 Å². The highest BCUT2D eigenvalue weighted by molar-refractivity contribution is 5.23. The lowest BCUT2D eigenvalue weighted by Gasteiger charge is -1.93. The summed E-state index contributed by atoms with van der Waals surface area (Å²) >= 11 is 0. The highest BCUT2D eigenvalue weighted by atomic mass is 14.8. The Morgan fingerprint density at radius 2 is 2.00 bits per heavy atom. The molecule has 0 bridgehead atoms. The number of nitrogens with zero attached hydrogens (tertiary/aromatic N) is 1. The van der Waals surface area contributed by atoms with Crippen LogP contribution in [0.25, 0.3) is 0 Å². The molecular formula is C6H8N2. The second kappa shape index (κ2) is 2.43. The summed E-state index contributed by atoms with van der Waals surface area (Å²) in [4.78, 5) is 3.85. The molecule has 2 N–H and O–H groups in total. The average Bonchev–Trinajstić information content (AvgIpc) is 1.90. The molecule has 0 aliphatic carbocycles. The van der Waals surface area contributed by atoms with E-state index in [0.717, 1.165) is 5.69 Å². The van der Waals surface area contributed by atoms with Crippen molar-refractivity contribution in [3.8, 4) is 0 Å². The van der Waals surface area contributed by atoms with E-state index in [0.29, 0.717) is 0 Å². The number of pyridine rings is 1. The smallest absolute Gasteiger partial charge is 0.106 e. The SMILES string of the molecule is [CH2-][NH2+]c1ccncc1. The molecule has 0 saturated carbocycles. The van der Waals surface area contributed by atoms with Crippen LogP contribution in [0.5, 0.6) is 0 Å². The van der Waals surface area contributed by atoms with E-state index in [-0.39, 0.29) is 0 Å². The van der Waals surface area contributed by atoms with Crippen molar-refractivity contribution >= 4 is 5.69 Å². The normalized spacial score (nSPS) is 9.12. The summed E-state index contributed by atoms with van der Waals surface area (Å²) in [7, 11) is 3.60. The second-order valence-corrected chi connectivity index (χ2v) is 1.48. The van der Waals surface area contributed by atoms with Crippen LogP contribution < -0.4 is 5.32 Å². The molecule has 0 radical (unpaired) electrons.